The van der Waals surface area contributed by atoms with E-state index in [1.165, 1.54) is 4.90 Å². The Bertz CT molecular complexity index is 1120. The minimum absolute atomic E-state index is 0.196. The summed E-state index contributed by atoms with van der Waals surface area (Å²) < 4.78 is 5.07. The number of anilines is 1. The number of fused-ring (bicyclic) bond motifs is 4. The van der Waals surface area contributed by atoms with Gasteiger partial charge in [-0.2, -0.15) is 0 Å². The lowest BCUT2D eigenvalue weighted by Crippen LogP contribution is -2.54. The number of likely N-dealkylation sites (tertiary alicyclic amines) is 1. The molecule has 2 fully saturated rings. The van der Waals surface area contributed by atoms with Gasteiger partial charge in [0.2, 0.25) is 17.7 Å². The highest BCUT2D eigenvalue weighted by atomic mass is 35.5. The van der Waals surface area contributed by atoms with Crippen molar-refractivity contribution in [3.8, 4) is 0 Å². The highest BCUT2D eigenvalue weighted by Gasteiger charge is 2.71. The first-order valence-corrected chi connectivity index (χ1v) is 11.2. The number of imide groups is 1. The number of benzene rings is 2. The number of amides is 3. The molecule has 0 bridgehead atoms. The lowest BCUT2D eigenvalue weighted by molar-refractivity contribution is -0.143. The lowest BCUT2D eigenvalue weighted by atomic mass is 9.76. The summed E-state index contributed by atoms with van der Waals surface area (Å²) in [5, 5.41) is 17.9. The van der Waals surface area contributed by atoms with E-state index in [9.17, 15) is 19.5 Å². The van der Waals surface area contributed by atoms with Crippen molar-refractivity contribution in [3.63, 3.8) is 0 Å². The number of aliphatic hydroxyl groups is 1. The first kappa shape index (κ1) is 22.0. The summed E-state index contributed by atoms with van der Waals surface area (Å²) in [6.45, 7) is 0.595. The molecule has 2 aromatic rings. The van der Waals surface area contributed by atoms with Crippen molar-refractivity contribution < 1.29 is 24.2 Å². The Hall–Kier alpha value is -2.78. The van der Waals surface area contributed by atoms with Gasteiger partial charge in [0.15, 0.2) is 0 Å². The van der Waals surface area contributed by atoms with Crippen LogP contribution in [0.25, 0.3) is 0 Å². The molecule has 1 spiro atoms. The largest absolute Gasteiger partial charge is 0.387 e. The molecule has 3 aliphatic heterocycles. The number of ether oxygens (including phenoxy) is 1. The predicted octanol–water partition coefficient (Wildman–Crippen LogP) is 1.83. The highest BCUT2D eigenvalue weighted by Crippen LogP contribution is 2.54. The summed E-state index contributed by atoms with van der Waals surface area (Å²) in [5.41, 5.74) is 0.295. The van der Waals surface area contributed by atoms with Crippen LogP contribution in [-0.2, 0) is 24.7 Å². The molecule has 9 heteroatoms. The average Bonchev–Trinajstić information content (AvgIpc) is 3.40. The molecule has 3 N–H and O–H groups in total. The summed E-state index contributed by atoms with van der Waals surface area (Å²) in [4.78, 5) is 41.7. The topological polar surface area (TPSA) is 108 Å². The van der Waals surface area contributed by atoms with Crippen LogP contribution in [0, 0.1) is 11.8 Å². The molecular formula is C24H24ClN3O5. The average molecular weight is 470 g/mol. The monoisotopic (exact) mass is 469 g/mol. The van der Waals surface area contributed by atoms with Crippen molar-refractivity contribution in [1.29, 1.82) is 0 Å². The third-order valence-corrected chi connectivity index (χ3v) is 7.18. The number of carbonyl (C=O) groups excluding carboxylic acids is 3. The maximum absolute atomic E-state index is 13.6. The Morgan fingerprint density at radius 1 is 1.12 bits per heavy atom. The van der Waals surface area contributed by atoms with Gasteiger partial charge in [0.1, 0.15) is 5.54 Å². The Labute approximate surface area is 195 Å². The number of nitrogens with zero attached hydrogens (tertiary/aromatic N) is 1. The molecule has 5 atom stereocenters. The summed E-state index contributed by atoms with van der Waals surface area (Å²) >= 11 is 5.99. The van der Waals surface area contributed by atoms with Crippen LogP contribution in [-0.4, -0.2) is 54.0 Å². The molecule has 0 unspecified atom stereocenters. The van der Waals surface area contributed by atoms with Crippen LogP contribution < -0.4 is 10.6 Å². The number of hydrogen-bond acceptors (Lipinski definition) is 6. The van der Waals surface area contributed by atoms with Gasteiger partial charge in [-0.3, -0.25) is 24.6 Å². The minimum Gasteiger partial charge on any atom is -0.387 e. The second-order valence-electron chi connectivity index (χ2n) is 8.65. The lowest BCUT2D eigenvalue weighted by Gasteiger charge is -2.30. The number of nitrogens with one attached hydrogen (secondary N) is 2. The van der Waals surface area contributed by atoms with E-state index in [-0.39, 0.29) is 12.5 Å². The number of hydrogen-bond donors (Lipinski definition) is 3. The Balaban J connectivity index is 1.60. The van der Waals surface area contributed by atoms with Crippen LogP contribution in [0.1, 0.15) is 23.7 Å². The number of aliphatic hydroxyl groups excluding tert-OH is 1. The highest BCUT2D eigenvalue weighted by molar-refractivity contribution is 6.30. The van der Waals surface area contributed by atoms with Crippen molar-refractivity contribution in [2.24, 2.45) is 11.8 Å². The number of para-hydroxylation sites is 1. The predicted molar refractivity (Wildman–Crippen MR) is 120 cm³/mol. The maximum Gasteiger partial charge on any atom is 0.250 e. The maximum atomic E-state index is 13.6. The standard InChI is InChI=1S/C24H24ClN3O5/c1-33-12-4-11-28-21(30)17-18(22(28)31)24(15-5-2-3-6-16(15)26-23(24)32)27-19(17)20(29)13-7-9-14(25)10-8-13/h2-3,5-10,17-20,27,29H,4,11-12H2,1H3,(H,26,32)/t17-,18+,19+,20+,24+/m0/s1. The number of carbonyl (C=O) groups is 3. The Morgan fingerprint density at radius 2 is 1.85 bits per heavy atom. The van der Waals surface area contributed by atoms with Crippen molar-refractivity contribution >= 4 is 35.0 Å². The number of halogens is 1. The molecule has 3 amide bonds. The molecule has 33 heavy (non-hydrogen) atoms. The van der Waals surface area contributed by atoms with Gasteiger partial charge in [0, 0.05) is 36.5 Å². The fourth-order valence-corrected chi connectivity index (χ4v) is 5.60. The Kier molecular flexibility index (Phi) is 5.49. The van der Waals surface area contributed by atoms with Gasteiger partial charge in [-0.1, -0.05) is 41.9 Å². The van der Waals surface area contributed by atoms with Crippen LogP contribution in [0.15, 0.2) is 48.5 Å². The summed E-state index contributed by atoms with van der Waals surface area (Å²) in [7, 11) is 1.56. The van der Waals surface area contributed by atoms with Crippen LogP contribution in [0.4, 0.5) is 5.69 Å². The molecule has 2 aromatic carbocycles. The van der Waals surface area contributed by atoms with E-state index >= 15 is 0 Å². The first-order chi connectivity index (χ1) is 15.9. The molecule has 3 aliphatic rings. The molecule has 0 aliphatic carbocycles. The van der Waals surface area contributed by atoms with E-state index in [0.717, 1.165) is 0 Å². The van der Waals surface area contributed by atoms with Gasteiger partial charge in [-0.05, 0) is 30.2 Å². The molecular weight excluding hydrogens is 446 g/mol. The molecule has 0 aromatic heterocycles. The third-order valence-electron chi connectivity index (χ3n) is 6.93. The second-order valence-corrected chi connectivity index (χ2v) is 9.09. The fourth-order valence-electron chi connectivity index (χ4n) is 5.47. The molecule has 3 heterocycles. The van der Waals surface area contributed by atoms with E-state index in [2.05, 4.69) is 10.6 Å². The normalized spacial score (nSPS) is 28.9. The van der Waals surface area contributed by atoms with Crippen LogP contribution in [0.2, 0.25) is 5.02 Å². The van der Waals surface area contributed by atoms with Gasteiger partial charge < -0.3 is 15.2 Å². The molecule has 172 valence electrons. The summed E-state index contributed by atoms with van der Waals surface area (Å²) in [6, 6.07) is 12.9. The SMILES string of the molecule is COCCCN1C(=O)[C@@H]2[C@H]([C@H](O)c3ccc(Cl)cc3)N[C@@]3(C(=O)Nc4ccccc43)[C@H]2C1=O. The Morgan fingerprint density at radius 3 is 2.58 bits per heavy atom. The van der Waals surface area contributed by atoms with Gasteiger partial charge in [-0.15, -0.1) is 0 Å². The third kappa shape index (κ3) is 3.20. The van der Waals surface area contributed by atoms with Crippen LogP contribution in [0.3, 0.4) is 0 Å². The second kappa shape index (κ2) is 8.22. The van der Waals surface area contributed by atoms with Gasteiger partial charge in [-0.25, -0.2) is 0 Å². The summed E-state index contributed by atoms with van der Waals surface area (Å²) in [6.07, 6.45) is -0.647. The fraction of sp³-hybridized carbons (Fsp3) is 0.375. The molecule has 5 rings (SSSR count). The van der Waals surface area contributed by atoms with Crippen molar-refractivity contribution in [2.75, 3.05) is 25.6 Å². The molecule has 2 saturated heterocycles. The smallest absolute Gasteiger partial charge is 0.250 e. The van der Waals surface area contributed by atoms with Gasteiger partial charge in [0.05, 0.1) is 24.0 Å². The van der Waals surface area contributed by atoms with E-state index < -0.39 is 41.3 Å². The van der Waals surface area contributed by atoms with E-state index in [1.54, 1.807) is 55.6 Å². The minimum atomic E-state index is -1.44. The zero-order chi connectivity index (χ0) is 23.3. The molecule has 8 nitrogen and oxygen atoms in total. The van der Waals surface area contributed by atoms with Crippen LogP contribution in [0.5, 0.6) is 0 Å². The van der Waals surface area contributed by atoms with Crippen molar-refractivity contribution in [2.45, 2.75) is 24.1 Å². The quantitative estimate of drug-likeness (QED) is 0.440. The van der Waals surface area contributed by atoms with E-state index in [1.807, 2.05) is 0 Å². The zero-order valence-electron chi connectivity index (χ0n) is 18.0. The molecule has 0 radical (unpaired) electrons. The van der Waals surface area contributed by atoms with Crippen LogP contribution >= 0.6 is 11.6 Å². The van der Waals surface area contributed by atoms with Crippen molar-refractivity contribution in [3.05, 3.63) is 64.7 Å². The van der Waals surface area contributed by atoms with E-state index in [0.29, 0.717) is 34.9 Å². The molecule has 0 saturated carbocycles. The van der Waals surface area contributed by atoms with E-state index in [4.69, 9.17) is 16.3 Å². The van der Waals surface area contributed by atoms with Gasteiger partial charge in [0.25, 0.3) is 0 Å². The first-order valence-electron chi connectivity index (χ1n) is 10.9. The number of methoxy groups -OCH3 is 1. The van der Waals surface area contributed by atoms with Crippen molar-refractivity contribution in [1.82, 2.24) is 10.2 Å². The summed E-state index contributed by atoms with van der Waals surface area (Å²) in [5.74, 6) is -3.07. The zero-order valence-corrected chi connectivity index (χ0v) is 18.7. The van der Waals surface area contributed by atoms with Gasteiger partial charge >= 0.3 is 0 Å². The number of rotatable bonds is 6.